The molecule has 1 aliphatic carbocycles. The lowest BCUT2D eigenvalue weighted by atomic mass is 9.98. The first kappa shape index (κ1) is 12.0. The van der Waals surface area contributed by atoms with Crippen LogP contribution in [0.3, 0.4) is 0 Å². The molecule has 0 bridgehead atoms. The number of fused-ring (bicyclic) bond motifs is 1. The van der Waals surface area contributed by atoms with Gasteiger partial charge < -0.3 is 9.64 Å². The number of nitrogens with zero attached hydrogens (tertiary/aromatic N) is 1. The molecule has 0 spiro atoms. The van der Waals surface area contributed by atoms with Gasteiger partial charge in [0.1, 0.15) is 6.10 Å². The Morgan fingerprint density at radius 1 is 1.33 bits per heavy atom. The Hall–Kier alpha value is -1.03. The molecule has 2 aliphatic rings. The van der Waals surface area contributed by atoms with Gasteiger partial charge in [0.25, 0.3) is 0 Å². The number of rotatable bonds is 1. The number of carbonyl (C=O) groups is 1. The SMILES string of the molecule is O=C(OC1CCCCC1)N1CCc2ccsc2C1. The number of thiophene rings is 1. The fourth-order valence-corrected chi connectivity index (χ4v) is 3.74. The number of hydrogen-bond donors (Lipinski definition) is 0. The zero-order chi connectivity index (χ0) is 12.4. The summed E-state index contributed by atoms with van der Waals surface area (Å²) in [5, 5.41) is 2.11. The van der Waals surface area contributed by atoms with Crippen molar-refractivity contribution in [1.82, 2.24) is 4.90 Å². The van der Waals surface area contributed by atoms with Gasteiger partial charge in [0.05, 0.1) is 6.54 Å². The van der Waals surface area contributed by atoms with Crippen molar-refractivity contribution in [1.29, 1.82) is 0 Å². The minimum atomic E-state index is -0.110. The van der Waals surface area contributed by atoms with Crippen molar-refractivity contribution in [3.8, 4) is 0 Å². The zero-order valence-electron chi connectivity index (χ0n) is 10.6. The molecule has 98 valence electrons. The molecule has 1 fully saturated rings. The van der Waals surface area contributed by atoms with E-state index in [4.69, 9.17) is 4.74 Å². The third kappa shape index (κ3) is 2.53. The van der Waals surface area contributed by atoms with Crippen molar-refractivity contribution >= 4 is 17.4 Å². The summed E-state index contributed by atoms with van der Waals surface area (Å²) in [6.45, 7) is 1.54. The van der Waals surface area contributed by atoms with Gasteiger partial charge in [-0.05, 0) is 49.1 Å². The first-order chi connectivity index (χ1) is 8.83. The number of carbonyl (C=O) groups excluding carboxylic acids is 1. The lowest BCUT2D eigenvalue weighted by Crippen LogP contribution is -2.38. The highest BCUT2D eigenvalue weighted by atomic mass is 32.1. The van der Waals surface area contributed by atoms with Gasteiger partial charge in [-0.15, -0.1) is 11.3 Å². The highest BCUT2D eigenvalue weighted by Gasteiger charge is 2.25. The summed E-state index contributed by atoms with van der Waals surface area (Å²) in [7, 11) is 0. The van der Waals surface area contributed by atoms with E-state index in [9.17, 15) is 4.79 Å². The van der Waals surface area contributed by atoms with Gasteiger partial charge in [-0.2, -0.15) is 0 Å². The minimum absolute atomic E-state index is 0.110. The Labute approximate surface area is 112 Å². The lowest BCUT2D eigenvalue weighted by molar-refractivity contribution is 0.0432. The molecule has 1 saturated carbocycles. The molecule has 18 heavy (non-hydrogen) atoms. The van der Waals surface area contributed by atoms with Crippen LogP contribution in [0.5, 0.6) is 0 Å². The predicted molar refractivity (Wildman–Crippen MR) is 71.8 cm³/mol. The van der Waals surface area contributed by atoms with E-state index in [0.717, 1.165) is 32.4 Å². The fourth-order valence-electron chi connectivity index (χ4n) is 2.79. The molecule has 0 N–H and O–H groups in total. The largest absolute Gasteiger partial charge is 0.446 e. The minimum Gasteiger partial charge on any atom is -0.446 e. The van der Waals surface area contributed by atoms with Gasteiger partial charge in [0.15, 0.2) is 0 Å². The summed E-state index contributed by atoms with van der Waals surface area (Å²) in [4.78, 5) is 15.3. The molecule has 1 amide bonds. The molecule has 0 saturated heterocycles. The molecule has 4 heteroatoms. The molecule has 1 aromatic rings. The van der Waals surface area contributed by atoms with Crippen molar-refractivity contribution in [2.45, 2.75) is 51.2 Å². The first-order valence-electron chi connectivity index (χ1n) is 6.84. The molecular weight excluding hydrogens is 246 g/mol. The highest BCUT2D eigenvalue weighted by molar-refractivity contribution is 7.10. The average molecular weight is 265 g/mol. The standard InChI is InChI=1S/C14H19NO2S/c16-14(17-12-4-2-1-3-5-12)15-8-6-11-7-9-18-13(11)10-15/h7,9,12H,1-6,8,10H2. The second-order valence-electron chi connectivity index (χ2n) is 5.18. The number of amides is 1. The summed E-state index contributed by atoms with van der Waals surface area (Å²) >= 11 is 1.74. The predicted octanol–water partition coefficient (Wildman–Crippen LogP) is 3.58. The number of ether oxygens (including phenoxy) is 1. The van der Waals surface area contributed by atoms with Crippen molar-refractivity contribution in [3.05, 3.63) is 21.9 Å². The monoisotopic (exact) mass is 265 g/mol. The van der Waals surface area contributed by atoms with Crippen LogP contribution in [-0.2, 0) is 17.7 Å². The molecule has 3 rings (SSSR count). The molecule has 1 aliphatic heterocycles. The van der Waals surface area contributed by atoms with Gasteiger partial charge in [-0.3, -0.25) is 0 Å². The quantitative estimate of drug-likeness (QED) is 0.777. The molecule has 0 unspecified atom stereocenters. The summed E-state index contributed by atoms with van der Waals surface area (Å²) in [6, 6.07) is 2.17. The van der Waals surface area contributed by atoms with Gasteiger partial charge in [-0.1, -0.05) is 6.42 Å². The second-order valence-corrected chi connectivity index (χ2v) is 6.19. The molecule has 1 aromatic heterocycles. The maximum atomic E-state index is 12.1. The van der Waals surface area contributed by atoms with Crippen molar-refractivity contribution in [3.63, 3.8) is 0 Å². The van der Waals surface area contributed by atoms with E-state index in [1.165, 1.54) is 29.7 Å². The van der Waals surface area contributed by atoms with E-state index >= 15 is 0 Å². The van der Waals surface area contributed by atoms with Crippen LogP contribution < -0.4 is 0 Å². The molecular formula is C14H19NO2S. The van der Waals surface area contributed by atoms with Crippen LogP contribution in [-0.4, -0.2) is 23.6 Å². The Bertz CT molecular complexity index is 423. The summed E-state index contributed by atoms with van der Waals surface area (Å²) in [6.07, 6.45) is 6.81. The molecule has 0 atom stereocenters. The Morgan fingerprint density at radius 2 is 2.17 bits per heavy atom. The van der Waals surface area contributed by atoms with Crippen molar-refractivity contribution in [2.24, 2.45) is 0 Å². The summed E-state index contributed by atoms with van der Waals surface area (Å²) < 4.78 is 5.61. The third-order valence-corrected chi connectivity index (χ3v) is 4.85. The van der Waals surface area contributed by atoms with Crippen LogP contribution in [0.2, 0.25) is 0 Å². The Kier molecular flexibility index (Phi) is 3.55. The summed E-state index contributed by atoms with van der Waals surface area (Å²) in [5.41, 5.74) is 1.40. The Morgan fingerprint density at radius 3 is 3.00 bits per heavy atom. The van der Waals surface area contributed by atoms with E-state index in [0.29, 0.717) is 0 Å². The van der Waals surface area contributed by atoms with Crippen molar-refractivity contribution < 1.29 is 9.53 Å². The number of hydrogen-bond acceptors (Lipinski definition) is 3. The summed E-state index contributed by atoms with van der Waals surface area (Å²) in [5.74, 6) is 0. The maximum Gasteiger partial charge on any atom is 0.410 e. The van der Waals surface area contributed by atoms with Crippen LogP contribution in [0.15, 0.2) is 11.4 Å². The first-order valence-corrected chi connectivity index (χ1v) is 7.72. The fraction of sp³-hybridized carbons (Fsp3) is 0.643. The van der Waals surface area contributed by atoms with Crippen LogP contribution in [0.1, 0.15) is 42.5 Å². The van der Waals surface area contributed by atoms with Crippen LogP contribution in [0, 0.1) is 0 Å². The van der Waals surface area contributed by atoms with Gasteiger partial charge in [0.2, 0.25) is 0 Å². The molecule has 3 nitrogen and oxygen atoms in total. The molecule has 2 heterocycles. The van der Waals surface area contributed by atoms with E-state index in [1.807, 2.05) is 4.90 Å². The van der Waals surface area contributed by atoms with E-state index in [-0.39, 0.29) is 12.2 Å². The topological polar surface area (TPSA) is 29.5 Å². The maximum absolute atomic E-state index is 12.1. The smallest absolute Gasteiger partial charge is 0.410 e. The Balaban J connectivity index is 1.57. The van der Waals surface area contributed by atoms with Gasteiger partial charge in [-0.25, -0.2) is 4.79 Å². The van der Waals surface area contributed by atoms with E-state index in [1.54, 1.807) is 11.3 Å². The highest BCUT2D eigenvalue weighted by Crippen LogP contribution is 2.26. The van der Waals surface area contributed by atoms with Crippen LogP contribution in [0.25, 0.3) is 0 Å². The lowest BCUT2D eigenvalue weighted by Gasteiger charge is -2.29. The van der Waals surface area contributed by atoms with Gasteiger partial charge in [0, 0.05) is 11.4 Å². The van der Waals surface area contributed by atoms with Crippen molar-refractivity contribution in [2.75, 3.05) is 6.54 Å². The third-order valence-electron chi connectivity index (χ3n) is 3.90. The second kappa shape index (κ2) is 5.31. The molecule has 0 radical (unpaired) electrons. The molecule has 0 aromatic carbocycles. The van der Waals surface area contributed by atoms with E-state index < -0.39 is 0 Å². The van der Waals surface area contributed by atoms with Crippen LogP contribution in [0.4, 0.5) is 4.79 Å². The van der Waals surface area contributed by atoms with E-state index in [2.05, 4.69) is 11.4 Å². The van der Waals surface area contributed by atoms with Gasteiger partial charge >= 0.3 is 6.09 Å². The zero-order valence-corrected chi connectivity index (χ0v) is 11.4. The normalized spacial score (nSPS) is 20.6. The van der Waals surface area contributed by atoms with Crippen LogP contribution >= 0.6 is 11.3 Å². The average Bonchev–Trinajstić information content (AvgIpc) is 2.87.